The second-order valence-electron chi connectivity index (χ2n) is 4.87. The number of hydrogen-bond donors (Lipinski definition) is 0. The molecule has 0 spiro atoms. The van der Waals surface area contributed by atoms with Crippen molar-refractivity contribution in [1.82, 2.24) is 0 Å². The predicted molar refractivity (Wildman–Crippen MR) is 80.8 cm³/mol. The molecule has 1 aromatic carbocycles. The number of benzene rings is 1. The van der Waals surface area contributed by atoms with Gasteiger partial charge in [-0.3, -0.25) is 0 Å². The molecular formula is C12H18Se3Si. The first-order valence-corrected chi connectivity index (χ1v) is 16.3. The average molecular weight is 427 g/mol. The van der Waals surface area contributed by atoms with E-state index in [-0.39, 0.29) is 0 Å². The predicted octanol–water partition coefficient (Wildman–Crippen LogP) is 2.41. The van der Waals surface area contributed by atoms with E-state index in [1.165, 1.54) is 20.2 Å². The monoisotopic (exact) mass is 430 g/mol. The van der Waals surface area contributed by atoms with Crippen LogP contribution in [0.2, 0.25) is 31.0 Å². The molecule has 0 atom stereocenters. The Labute approximate surface area is 119 Å². The van der Waals surface area contributed by atoms with Gasteiger partial charge in [0.2, 0.25) is 0 Å². The van der Waals surface area contributed by atoms with Crippen LogP contribution in [0.3, 0.4) is 0 Å². The van der Waals surface area contributed by atoms with Crippen LogP contribution in [0.4, 0.5) is 0 Å². The zero-order valence-corrected chi connectivity index (χ0v) is 16.2. The van der Waals surface area contributed by atoms with Gasteiger partial charge in [0, 0.05) is 0 Å². The van der Waals surface area contributed by atoms with Crippen molar-refractivity contribution in [3.63, 3.8) is 0 Å². The SMILES string of the molecule is C[Si](C)(C)CC[Se][Se]C(=[Se])c1ccccc1. The summed E-state index contributed by atoms with van der Waals surface area (Å²) in [4.78, 5) is 0. The molecule has 0 aliphatic rings. The molecule has 0 fully saturated rings. The quantitative estimate of drug-likeness (QED) is 0.484. The molecule has 16 heavy (non-hydrogen) atoms. The van der Waals surface area contributed by atoms with Gasteiger partial charge in [0.15, 0.2) is 0 Å². The molecule has 0 aliphatic heterocycles. The second-order valence-corrected chi connectivity index (χ2v) is 19.6. The summed E-state index contributed by atoms with van der Waals surface area (Å²) < 4.78 is 1.50. The summed E-state index contributed by atoms with van der Waals surface area (Å²) in [6.45, 7) is 7.40. The summed E-state index contributed by atoms with van der Waals surface area (Å²) in [7, 11) is -0.802. The fourth-order valence-electron chi connectivity index (χ4n) is 1.07. The van der Waals surface area contributed by atoms with Crippen LogP contribution in [0.5, 0.6) is 0 Å². The van der Waals surface area contributed by atoms with Gasteiger partial charge in [0.25, 0.3) is 0 Å². The minimum atomic E-state index is -0.802. The van der Waals surface area contributed by atoms with Crippen molar-refractivity contribution >= 4 is 53.2 Å². The normalized spacial score (nSPS) is 11.4. The van der Waals surface area contributed by atoms with E-state index >= 15 is 0 Å². The fourth-order valence-corrected chi connectivity index (χ4v) is 15.9. The van der Waals surface area contributed by atoms with E-state index < -0.39 is 8.07 Å². The van der Waals surface area contributed by atoms with Crippen molar-refractivity contribution in [3.05, 3.63) is 35.9 Å². The van der Waals surface area contributed by atoms with E-state index in [1.54, 1.807) is 0 Å². The standard InChI is InChI=1S/C12H18Se3Si/c1-16(2,3)10-9-14-15-12(13)11-7-5-4-6-8-11/h4-8H,9-10H2,1-3H3. The van der Waals surface area contributed by atoms with Gasteiger partial charge in [-0.05, 0) is 0 Å². The van der Waals surface area contributed by atoms with Crippen LogP contribution in [0.15, 0.2) is 30.3 Å². The fraction of sp³-hybridized carbons (Fsp3) is 0.417. The molecule has 0 amide bonds. The Morgan fingerprint density at radius 3 is 2.38 bits per heavy atom. The third kappa shape index (κ3) is 6.56. The Kier molecular flexibility index (Phi) is 6.84. The Morgan fingerprint density at radius 2 is 1.81 bits per heavy atom. The van der Waals surface area contributed by atoms with Crippen LogP contribution in [-0.2, 0) is 0 Å². The molecule has 0 N–H and O–H groups in total. The molecule has 4 heteroatoms. The summed E-state index contributed by atoms with van der Waals surface area (Å²) >= 11 is 4.80. The summed E-state index contributed by atoms with van der Waals surface area (Å²) in [5.74, 6) is 0. The first kappa shape index (κ1) is 14.9. The van der Waals surface area contributed by atoms with Crippen LogP contribution in [0, 0.1) is 0 Å². The van der Waals surface area contributed by atoms with Gasteiger partial charge in [-0.25, -0.2) is 0 Å². The molecule has 1 aromatic rings. The van der Waals surface area contributed by atoms with E-state index in [0.717, 1.165) is 13.1 Å². The van der Waals surface area contributed by atoms with Gasteiger partial charge in [0.1, 0.15) is 0 Å². The Hall–Kier alpha value is 0.865. The van der Waals surface area contributed by atoms with Gasteiger partial charge in [-0.15, -0.1) is 0 Å². The second kappa shape index (κ2) is 7.33. The van der Waals surface area contributed by atoms with E-state index in [0.29, 0.717) is 13.1 Å². The van der Waals surface area contributed by atoms with Crippen molar-refractivity contribution in [3.8, 4) is 0 Å². The van der Waals surface area contributed by atoms with Gasteiger partial charge < -0.3 is 0 Å². The molecule has 0 radical (unpaired) electrons. The molecular weight excluding hydrogens is 409 g/mol. The molecule has 0 bridgehead atoms. The number of hydrogen-bond acceptors (Lipinski definition) is 0. The summed E-state index contributed by atoms with van der Waals surface area (Å²) in [5.41, 5.74) is 1.40. The first-order valence-electron chi connectivity index (χ1n) is 5.38. The van der Waals surface area contributed by atoms with Crippen LogP contribution in [0.1, 0.15) is 5.56 Å². The number of rotatable bonds is 6. The van der Waals surface area contributed by atoms with Crippen LogP contribution < -0.4 is 0 Å². The maximum atomic E-state index is 3.26. The third-order valence-electron chi connectivity index (χ3n) is 2.08. The van der Waals surface area contributed by atoms with E-state index in [2.05, 4.69) is 65.5 Å². The summed E-state index contributed by atoms with van der Waals surface area (Å²) in [6.07, 6.45) is 0. The van der Waals surface area contributed by atoms with Gasteiger partial charge in [-0.1, -0.05) is 0 Å². The summed E-state index contributed by atoms with van der Waals surface area (Å²) in [6, 6.07) is 12.2. The first-order chi connectivity index (χ1) is 7.49. The van der Waals surface area contributed by atoms with E-state index in [4.69, 9.17) is 0 Å². The maximum absolute atomic E-state index is 3.26. The van der Waals surface area contributed by atoms with Crippen molar-refractivity contribution in [2.75, 3.05) is 0 Å². The molecule has 0 saturated carbocycles. The molecule has 0 aromatic heterocycles. The molecule has 0 aliphatic carbocycles. The minimum absolute atomic E-state index is 0.702. The van der Waals surface area contributed by atoms with E-state index in [1.807, 2.05) is 0 Å². The van der Waals surface area contributed by atoms with Crippen molar-refractivity contribution in [2.24, 2.45) is 0 Å². The molecule has 0 unspecified atom stereocenters. The Balaban J connectivity index is 2.27. The third-order valence-corrected chi connectivity index (χ3v) is 15.6. The molecule has 0 saturated heterocycles. The molecule has 0 heterocycles. The van der Waals surface area contributed by atoms with Crippen molar-refractivity contribution in [2.45, 2.75) is 31.0 Å². The van der Waals surface area contributed by atoms with Gasteiger partial charge in [-0.2, -0.15) is 0 Å². The zero-order chi connectivity index (χ0) is 12.0. The van der Waals surface area contributed by atoms with Crippen LogP contribution in [0.25, 0.3) is 0 Å². The van der Waals surface area contributed by atoms with Crippen LogP contribution in [-0.4, -0.2) is 53.2 Å². The summed E-state index contributed by atoms with van der Waals surface area (Å²) in [5, 5.41) is 1.47. The zero-order valence-electron chi connectivity index (χ0n) is 10.0. The average Bonchev–Trinajstić information content (AvgIpc) is 2.24. The van der Waals surface area contributed by atoms with E-state index in [9.17, 15) is 0 Å². The van der Waals surface area contributed by atoms with Gasteiger partial charge >= 0.3 is 120 Å². The molecule has 1 rings (SSSR count). The Morgan fingerprint density at radius 1 is 1.19 bits per heavy atom. The van der Waals surface area contributed by atoms with Gasteiger partial charge in [0.05, 0.1) is 0 Å². The van der Waals surface area contributed by atoms with Crippen molar-refractivity contribution in [1.29, 1.82) is 0 Å². The van der Waals surface area contributed by atoms with Crippen molar-refractivity contribution < 1.29 is 0 Å². The van der Waals surface area contributed by atoms with Crippen LogP contribution >= 0.6 is 0 Å². The molecule has 88 valence electrons. The molecule has 0 nitrogen and oxygen atoms in total. The topological polar surface area (TPSA) is 0 Å². The Bertz CT molecular complexity index is 330.